The SMILES string of the molecule is COc1ccc(C2Cc3ccccc3C(=O)O2)cc1OC. The number of carbonyl (C=O) groups is 1. The highest BCUT2D eigenvalue weighted by molar-refractivity contribution is 5.92. The highest BCUT2D eigenvalue weighted by Gasteiger charge is 2.27. The molecule has 0 aromatic heterocycles. The molecule has 0 amide bonds. The van der Waals surface area contributed by atoms with Gasteiger partial charge in [0.15, 0.2) is 11.5 Å². The molecule has 0 bridgehead atoms. The number of benzene rings is 2. The van der Waals surface area contributed by atoms with E-state index in [9.17, 15) is 4.79 Å². The molecule has 3 rings (SSSR count). The fraction of sp³-hybridized carbons (Fsp3) is 0.235. The third kappa shape index (κ3) is 2.44. The molecule has 0 saturated carbocycles. The molecule has 2 aromatic carbocycles. The van der Waals surface area contributed by atoms with Gasteiger partial charge in [0.05, 0.1) is 19.8 Å². The predicted octanol–water partition coefficient (Wildman–Crippen LogP) is 3.16. The molecule has 4 heteroatoms. The molecule has 0 fully saturated rings. The molecule has 4 nitrogen and oxygen atoms in total. The molecule has 0 radical (unpaired) electrons. The van der Waals surface area contributed by atoms with Crippen LogP contribution in [0.2, 0.25) is 0 Å². The van der Waals surface area contributed by atoms with Gasteiger partial charge in [0.1, 0.15) is 6.10 Å². The number of methoxy groups -OCH3 is 2. The Hall–Kier alpha value is -2.49. The Bertz CT molecular complexity index is 678. The van der Waals surface area contributed by atoms with Gasteiger partial charge >= 0.3 is 5.97 Å². The average molecular weight is 284 g/mol. The van der Waals surface area contributed by atoms with Crippen LogP contribution in [0.15, 0.2) is 42.5 Å². The minimum Gasteiger partial charge on any atom is -0.493 e. The monoisotopic (exact) mass is 284 g/mol. The first-order valence-corrected chi connectivity index (χ1v) is 6.73. The van der Waals surface area contributed by atoms with E-state index < -0.39 is 0 Å². The van der Waals surface area contributed by atoms with Gasteiger partial charge in [-0.05, 0) is 29.3 Å². The number of cyclic esters (lactones) is 1. The summed E-state index contributed by atoms with van der Waals surface area (Å²) in [5.74, 6) is 1.00. The first-order valence-electron chi connectivity index (χ1n) is 6.73. The highest BCUT2D eigenvalue weighted by atomic mass is 16.5. The number of ether oxygens (including phenoxy) is 3. The van der Waals surface area contributed by atoms with E-state index >= 15 is 0 Å². The van der Waals surface area contributed by atoms with E-state index in [-0.39, 0.29) is 12.1 Å². The van der Waals surface area contributed by atoms with Crippen LogP contribution in [0.5, 0.6) is 11.5 Å². The van der Waals surface area contributed by atoms with Gasteiger partial charge in [-0.25, -0.2) is 4.79 Å². The van der Waals surface area contributed by atoms with Crippen molar-refractivity contribution in [3.8, 4) is 11.5 Å². The zero-order valence-electron chi connectivity index (χ0n) is 12.0. The maximum absolute atomic E-state index is 12.1. The first kappa shape index (κ1) is 13.5. The number of carbonyl (C=O) groups excluding carboxylic acids is 1. The minimum atomic E-state index is -0.299. The molecule has 1 heterocycles. The van der Waals surface area contributed by atoms with Gasteiger partial charge in [-0.2, -0.15) is 0 Å². The van der Waals surface area contributed by atoms with Gasteiger partial charge < -0.3 is 14.2 Å². The van der Waals surface area contributed by atoms with E-state index in [4.69, 9.17) is 14.2 Å². The number of hydrogen-bond acceptors (Lipinski definition) is 4. The quantitative estimate of drug-likeness (QED) is 0.812. The summed E-state index contributed by atoms with van der Waals surface area (Å²) < 4.78 is 16.1. The summed E-state index contributed by atoms with van der Waals surface area (Å²) in [6.07, 6.45) is 0.365. The van der Waals surface area contributed by atoms with E-state index in [2.05, 4.69) is 0 Å². The van der Waals surface area contributed by atoms with E-state index in [1.54, 1.807) is 20.3 Å². The van der Waals surface area contributed by atoms with Crippen LogP contribution in [0.25, 0.3) is 0 Å². The Morgan fingerprint density at radius 3 is 2.57 bits per heavy atom. The number of hydrogen-bond donors (Lipinski definition) is 0. The molecule has 0 N–H and O–H groups in total. The average Bonchev–Trinajstić information content (AvgIpc) is 2.54. The highest BCUT2D eigenvalue weighted by Crippen LogP contribution is 2.35. The summed E-state index contributed by atoms with van der Waals surface area (Å²) in [7, 11) is 3.18. The summed E-state index contributed by atoms with van der Waals surface area (Å²) in [4.78, 5) is 12.1. The molecule has 1 unspecified atom stereocenters. The smallest absolute Gasteiger partial charge is 0.339 e. The Morgan fingerprint density at radius 2 is 1.81 bits per heavy atom. The largest absolute Gasteiger partial charge is 0.493 e. The molecule has 1 aliphatic heterocycles. The van der Waals surface area contributed by atoms with Gasteiger partial charge in [0, 0.05) is 6.42 Å². The van der Waals surface area contributed by atoms with Crippen molar-refractivity contribution in [1.29, 1.82) is 0 Å². The van der Waals surface area contributed by atoms with Crippen molar-refractivity contribution >= 4 is 5.97 Å². The molecule has 21 heavy (non-hydrogen) atoms. The summed E-state index contributed by atoms with van der Waals surface area (Å²) in [5, 5.41) is 0. The summed E-state index contributed by atoms with van der Waals surface area (Å²) in [5.41, 5.74) is 2.55. The molecule has 0 aliphatic carbocycles. The maximum atomic E-state index is 12.1. The second kappa shape index (κ2) is 5.48. The number of esters is 1. The summed E-state index contributed by atoms with van der Waals surface area (Å²) in [6.45, 7) is 0. The third-order valence-electron chi connectivity index (χ3n) is 3.67. The lowest BCUT2D eigenvalue weighted by atomic mass is 9.94. The van der Waals surface area contributed by atoms with Crippen molar-refractivity contribution in [2.75, 3.05) is 14.2 Å². The third-order valence-corrected chi connectivity index (χ3v) is 3.67. The molecular formula is C17H16O4. The normalized spacial score (nSPS) is 16.9. The van der Waals surface area contributed by atoms with Crippen LogP contribution < -0.4 is 9.47 Å². The maximum Gasteiger partial charge on any atom is 0.339 e. The van der Waals surface area contributed by atoms with Crippen molar-refractivity contribution < 1.29 is 19.0 Å². The van der Waals surface area contributed by atoms with Crippen LogP contribution in [0.1, 0.15) is 27.6 Å². The standard InChI is InChI=1S/C17H16O4/c1-19-14-8-7-12(10-16(14)20-2)15-9-11-5-3-4-6-13(11)17(18)21-15/h3-8,10,15H,9H2,1-2H3. The molecule has 2 aromatic rings. The van der Waals surface area contributed by atoms with E-state index in [1.807, 2.05) is 36.4 Å². The topological polar surface area (TPSA) is 44.8 Å². The molecule has 1 aliphatic rings. The lowest BCUT2D eigenvalue weighted by Gasteiger charge is -2.25. The first-order chi connectivity index (χ1) is 10.2. The van der Waals surface area contributed by atoms with Crippen molar-refractivity contribution in [2.24, 2.45) is 0 Å². The fourth-order valence-corrected chi connectivity index (χ4v) is 2.57. The van der Waals surface area contributed by atoms with Gasteiger partial charge in [0.25, 0.3) is 0 Å². The fourth-order valence-electron chi connectivity index (χ4n) is 2.57. The second-order valence-corrected chi connectivity index (χ2v) is 4.87. The van der Waals surface area contributed by atoms with Gasteiger partial charge in [0.2, 0.25) is 0 Å². The van der Waals surface area contributed by atoms with Crippen LogP contribution in [-0.4, -0.2) is 20.2 Å². The Balaban J connectivity index is 1.94. The van der Waals surface area contributed by atoms with Crippen molar-refractivity contribution in [3.05, 3.63) is 59.2 Å². The zero-order valence-corrected chi connectivity index (χ0v) is 12.0. The summed E-state index contributed by atoms with van der Waals surface area (Å²) >= 11 is 0. The van der Waals surface area contributed by atoms with Crippen LogP contribution in [0.3, 0.4) is 0 Å². The second-order valence-electron chi connectivity index (χ2n) is 4.87. The van der Waals surface area contributed by atoms with Crippen molar-refractivity contribution in [1.82, 2.24) is 0 Å². The van der Waals surface area contributed by atoms with Crippen molar-refractivity contribution in [3.63, 3.8) is 0 Å². The van der Waals surface area contributed by atoms with Crippen LogP contribution in [0.4, 0.5) is 0 Å². The van der Waals surface area contributed by atoms with E-state index in [0.717, 1.165) is 11.1 Å². The molecule has 0 spiro atoms. The van der Waals surface area contributed by atoms with Crippen LogP contribution in [0, 0.1) is 0 Å². The van der Waals surface area contributed by atoms with Gasteiger partial charge in [-0.3, -0.25) is 0 Å². The van der Waals surface area contributed by atoms with Gasteiger partial charge in [-0.1, -0.05) is 24.3 Å². The predicted molar refractivity (Wildman–Crippen MR) is 77.8 cm³/mol. The van der Waals surface area contributed by atoms with E-state index in [0.29, 0.717) is 23.5 Å². The van der Waals surface area contributed by atoms with Crippen LogP contribution in [-0.2, 0) is 11.2 Å². The van der Waals surface area contributed by atoms with Crippen molar-refractivity contribution in [2.45, 2.75) is 12.5 Å². The Kier molecular flexibility index (Phi) is 3.52. The lowest BCUT2D eigenvalue weighted by Crippen LogP contribution is -2.21. The summed E-state index contributed by atoms with van der Waals surface area (Å²) in [6, 6.07) is 13.1. The van der Waals surface area contributed by atoms with Gasteiger partial charge in [-0.15, -0.1) is 0 Å². The minimum absolute atomic E-state index is 0.281. The zero-order chi connectivity index (χ0) is 14.8. The molecular weight excluding hydrogens is 268 g/mol. The van der Waals surface area contributed by atoms with E-state index in [1.165, 1.54) is 0 Å². The number of rotatable bonds is 3. The molecule has 0 saturated heterocycles. The molecule has 1 atom stereocenters. The number of fused-ring (bicyclic) bond motifs is 1. The van der Waals surface area contributed by atoms with Crippen LogP contribution >= 0.6 is 0 Å². The Morgan fingerprint density at radius 1 is 1.05 bits per heavy atom. The molecule has 108 valence electrons. The Labute approximate surface area is 123 Å². The lowest BCUT2D eigenvalue weighted by molar-refractivity contribution is 0.0252.